The number of cyclic esters (lactones) is 1. The molecule has 0 aliphatic carbocycles. The van der Waals surface area contributed by atoms with E-state index in [-0.39, 0.29) is 11.3 Å². The number of anilines is 1. The molecule has 0 bridgehead atoms. The van der Waals surface area contributed by atoms with Gasteiger partial charge in [0, 0.05) is 5.69 Å². The Bertz CT molecular complexity index is 855. The lowest BCUT2D eigenvalue weighted by Crippen LogP contribution is -2.14. The van der Waals surface area contributed by atoms with E-state index in [2.05, 4.69) is 5.32 Å². The fourth-order valence-corrected chi connectivity index (χ4v) is 2.73. The van der Waals surface area contributed by atoms with Gasteiger partial charge in [0.1, 0.15) is 11.3 Å². The molecule has 0 aromatic heterocycles. The lowest BCUT2D eigenvalue weighted by Gasteiger charge is -2.13. The number of nitrogens with one attached hydrogen (secondary N) is 1. The third kappa shape index (κ3) is 3.26. The van der Waals surface area contributed by atoms with Crippen molar-refractivity contribution in [1.82, 2.24) is 0 Å². The van der Waals surface area contributed by atoms with Crippen LogP contribution in [0.15, 0.2) is 59.8 Å². The van der Waals surface area contributed by atoms with Gasteiger partial charge < -0.3 is 14.8 Å². The van der Waals surface area contributed by atoms with Crippen LogP contribution in [0.4, 0.5) is 5.69 Å². The molecule has 0 fully saturated rings. The van der Waals surface area contributed by atoms with Crippen molar-refractivity contribution in [2.45, 2.75) is 20.0 Å². The first-order valence-corrected chi connectivity index (χ1v) is 7.94. The van der Waals surface area contributed by atoms with Crippen molar-refractivity contribution in [3.63, 3.8) is 0 Å². The lowest BCUT2D eigenvalue weighted by molar-refractivity contribution is -0.141. The number of hydrogen-bond donors (Lipinski definition) is 1. The van der Waals surface area contributed by atoms with Crippen LogP contribution in [0.3, 0.4) is 0 Å². The topological polar surface area (TPSA) is 64.6 Å². The highest BCUT2D eigenvalue weighted by molar-refractivity contribution is 6.06. The molecule has 5 nitrogen and oxygen atoms in total. The lowest BCUT2D eigenvalue weighted by atomic mass is 10.0. The molecule has 2 aromatic rings. The molecule has 0 amide bonds. The van der Waals surface area contributed by atoms with Crippen molar-refractivity contribution in [3.05, 3.63) is 76.5 Å². The van der Waals surface area contributed by atoms with Gasteiger partial charge in [0.25, 0.3) is 0 Å². The van der Waals surface area contributed by atoms with Crippen LogP contribution in [-0.2, 0) is 19.1 Å². The number of ether oxygens (including phenoxy) is 2. The Morgan fingerprint density at radius 1 is 1.08 bits per heavy atom. The van der Waals surface area contributed by atoms with Gasteiger partial charge in [-0.15, -0.1) is 0 Å². The number of carbonyl (C=O) groups excluding carboxylic acids is 2. The molecule has 1 N–H and O–H groups in total. The number of hydrogen-bond acceptors (Lipinski definition) is 5. The van der Waals surface area contributed by atoms with Crippen LogP contribution < -0.4 is 5.32 Å². The second kappa shape index (κ2) is 6.81. The highest BCUT2D eigenvalue weighted by Gasteiger charge is 2.40. The maximum atomic E-state index is 12.4. The number of methoxy groups -OCH3 is 1. The molecule has 0 saturated carbocycles. The zero-order valence-corrected chi connectivity index (χ0v) is 14.3. The van der Waals surface area contributed by atoms with Gasteiger partial charge in [0.15, 0.2) is 6.10 Å². The summed E-state index contributed by atoms with van der Waals surface area (Å²) in [6.45, 7) is 3.99. The standard InChI is InChI=1S/C20H19NO4/c1-12-9-10-15(11-13(12)2)21-17-16(19(22)24-3)18(25-20(17)23)14-7-5-4-6-8-14/h4-11,18,21H,1-3H3. The second-order valence-electron chi connectivity index (χ2n) is 5.90. The molecule has 5 heteroatoms. The normalized spacial score (nSPS) is 16.6. The van der Waals surface area contributed by atoms with E-state index in [1.165, 1.54) is 7.11 Å². The quantitative estimate of drug-likeness (QED) is 0.866. The Labute approximate surface area is 146 Å². The minimum absolute atomic E-state index is 0.115. The molecular formula is C20H19NO4. The summed E-state index contributed by atoms with van der Waals surface area (Å²) in [5, 5.41) is 3.03. The van der Waals surface area contributed by atoms with E-state index in [4.69, 9.17) is 9.47 Å². The average molecular weight is 337 g/mol. The molecule has 2 aromatic carbocycles. The number of aryl methyl sites for hydroxylation is 2. The first kappa shape index (κ1) is 16.8. The molecule has 0 radical (unpaired) electrons. The summed E-state index contributed by atoms with van der Waals surface area (Å²) in [7, 11) is 1.29. The number of rotatable bonds is 4. The maximum Gasteiger partial charge on any atom is 0.356 e. The predicted octanol–water partition coefficient (Wildman–Crippen LogP) is 3.44. The van der Waals surface area contributed by atoms with Crippen LogP contribution in [0.25, 0.3) is 0 Å². The zero-order valence-electron chi connectivity index (χ0n) is 14.3. The number of benzene rings is 2. The molecule has 0 saturated heterocycles. The molecule has 25 heavy (non-hydrogen) atoms. The minimum atomic E-state index is -0.782. The van der Waals surface area contributed by atoms with Crippen molar-refractivity contribution in [1.29, 1.82) is 0 Å². The van der Waals surface area contributed by atoms with Crippen LogP contribution in [0.5, 0.6) is 0 Å². The van der Waals surface area contributed by atoms with E-state index in [0.29, 0.717) is 11.3 Å². The Morgan fingerprint density at radius 2 is 1.80 bits per heavy atom. The SMILES string of the molecule is COC(=O)C1=C(Nc2ccc(C)c(C)c2)C(=O)OC1c1ccccc1. The van der Waals surface area contributed by atoms with Crippen molar-refractivity contribution in [3.8, 4) is 0 Å². The van der Waals surface area contributed by atoms with E-state index in [0.717, 1.165) is 11.1 Å². The van der Waals surface area contributed by atoms with Crippen LogP contribution in [-0.4, -0.2) is 19.0 Å². The molecule has 1 unspecified atom stereocenters. The van der Waals surface area contributed by atoms with Crippen molar-refractivity contribution in [2.24, 2.45) is 0 Å². The van der Waals surface area contributed by atoms with Crippen molar-refractivity contribution in [2.75, 3.05) is 12.4 Å². The smallest absolute Gasteiger partial charge is 0.356 e. The van der Waals surface area contributed by atoms with Crippen molar-refractivity contribution < 1.29 is 19.1 Å². The third-order valence-electron chi connectivity index (χ3n) is 4.24. The molecule has 1 aliphatic heterocycles. The van der Waals surface area contributed by atoms with Gasteiger partial charge in [0.2, 0.25) is 0 Å². The molecule has 0 spiro atoms. The number of esters is 2. The highest BCUT2D eigenvalue weighted by atomic mass is 16.6. The van der Waals surface area contributed by atoms with Gasteiger partial charge in [0.05, 0.1) is 7.11 Å². The zero-order chi connectivity index (χ0) is 18.0. The van der Waals surface area contributed by atoms with Crippen LogP contribution in [0.1, 0.15) is 22.8 Å². The van der Waals surface area contributed by atoms with E-state index in [9.17, 15) is 9.59 Å². The Morgan fingerprint density at radius 3 is 2.44 bits per heavy atom. The number of carbonyl (C=O) groups is 2. The first-order valence-electron chi connectivity index (χ1n) is 7.94. The van der Waals surface area contributed by atoms with Gasteiger partial charge in [-0.25, -0.2) is 9.59 Å². The summed E-state index contributed by atoms with van der Waals surface area (Å²) >= 11 is 0. The van der Waals surface area contributed by atoms with Crippen LogP contribution >= 0.6 is 0 Å². The van der Waals surface area contributed by atoms with E-state index >= 15 is 0 Å². The summed E-state index contributed by atoms with van der Waals surface area (Å²) in [6, 6.07) is 14.8. The first-order chi connectivity index (χ1) is 12.0. The molecular weight excluding hydrogens is 318 g/mol. The van der Waals surface area contributed by atoms with Crippen molar-refractivity contribution >= 4 is 17.6 Å². The Balaban J connectivity index is 2.03. The van der Waals surface area contributed by atoms with Gasteiger partial charge in [-0.2, -0.15) is 0 Å². The average Bonchev–Trinajstić information content (AvgIpc) is 2.95. The molecule has 128 valence electrons. The summed E-state index contributed by atoms with van der Waals surface area (Å²) in [4.78, 5) is 24.7. The fraction of sp³-hybridized carbons (Fsp3) is 0.200. The molecule has 1 aliphatic rings. The van der Waals surface area contributed by atoms with E-state index < -0.39 is 18.0 Å². The van der Waals surface area contributed by atoms with Gasteiger partial charge in [-0.1, -0.05) is 36.4 Å². The Hall–Kier alpha value is -3.08. The van der Waals surface area contributed by atoms with Crippen LogP contribution in [0, 0.1) is 13.8 Å². The maximum absolute atomic E-state index is 12.4. The second-order valence-corrected chi connectivity index (χ2v) is 5.90. The molecule has 3 rings (SSSR count). The fourth-order valence-electron chi connectivity index (χ4n) is 2.73. The van der Waals surface area contributed by atoms with Gasteiger partial charge >= 0.3 is 11.9 Å². The third-order valence-corrected chi connectivity index (χ3v) is 4.24. The van der Waals surface area contributed by atoms with E-state index in [1.807, 2.05) is 50.2 Å². The molecule has 1 heterocycles. The summed E-state index contributed by atoms with van der Waals surface area (Å²) < 4.78 is 10.3. The molecule has 1 atom stereocenters. The monoisotopic (exact) mass is 337 g/mol. The highest BCUT2D eigenvalue weighted by Crippen LogP contribution is 2.36. The summed E-state index contributed by atoms with van der Waals surface area (Å²) in [5.74, 6) is -1.17. The minimum Gasteiger partial charge on any atom is -0.465 e. The summed E-state index contributed by atoms with van der Waals surface area (Å²) in [5.41, 5.74) is 3.94. The Kier molecular flexibility index (Phi) is 4.57. The summed E-state index contributed by atoms with van der Waals surface area (Å²) in [6.07, 6.45) is -0.782. The largest absolute Gasteiger partial charge is 0.465 e. The van der Waals surface area contributed by atoms with Crippen LogP contribution in [0.2, 0.25) is 0 Å². The predicted molar refractivity (Wildman–Crippen MR) is 93.9 cm³/mol. The van der Waals surface area contributed by atoms with Gasteiger partial charge in [-0.05, 0) is 42.7 Å². The van der Waals surface area contributed by atoms with E-state index in [1.54, 1.807) is 12.1 Å². The van der Waals surface area contributed by atoms with Gasteiger partial charge in [-0.3, -0.25) is 0 Å².